The Morgan fingerprint density at radius 3 is 2.48 bits per heavy atom. The molecule has 1 aliphatic rings. The zero-order valence-corrected chi connectivity index (χ0v) is 11.5. The maximum absolute atomic E-state index is 12.1. The number of thioether (sulfide) groups is 1. The third-order valence-electron chi connectivity index (χ3n) is 2.96. The van der Waals surface area contributed by atoms with Crippen molar-refractivity contribution in [3.05, 3.63) is 35.5 Å². The molecule has 8 heteroatoms. The lowest BCUT2D eigenvalue weighted by molar-refractivity contribution is -0.274. The van der Waals surface area contributed by atoms with E-state index >= 15 is 0 Å². The van der Waals surface area contributed by atoms with Gasteiger partial charge in [-0.1, -0.05) is 0 Å². The van der Waals surface area contributed by atoms with Crippen LogP contribution in [0.2, 0.25) is 0 Å². The molecule has 0 fully saturated rings. The molecule has 0 spiro atoms. The van der Waals surface area contributed by atoms with Crippen LogP contribution in [0.15, 0.2) is 24.3 Å². The smallest absolute Gasteiger partial charge is 0.406 e. The molecule has 1 aromatic carbocycles. The highest BCUT2D eigenvalue weighted by atomic mass is 32.2. The molecule has 1 aromatic heterocycles. The maximum Gasteiger partial charge on any atom is 0.573 e. The molecule has 0 saturated heterocycles. The molecule has 0 amide bonds. The van der Waals surface area contributed by atoms with Crippen LogP contribution in [0.3, 0.4) is 0 Å². The number of hydrogen-bond acceptors (Lipinski definition) is 5. The summed E-state index contributed by atoms with van der Waals surface area (Å²) >= 11 is 1.70. The van der Waals surface area contributed by atoms with Crippen molar-refractivity contribution in [3.8, 4) is 17.1 Å². The van der Waals surface area contributed by atoms with Crippen molar-refractivity contribution >= 4 is 17.6 Å². The van der Waals surface area contributed by atoms with E-state index in [2.05, 4.69) is 14.7 Å². The van der Waals surface area contributed by atoms with Gasteiger partial charge in [0.05, 0.1) is 5.69 Å². The highest BCUT2D eigenvalue weighted by Gasteiger charge is 2.31. The molecular weight excluding hydrogens is 303 g/mol. The van der Waals surface area contributed by atoms with E-state index in [-0.39, 0.29) is 5.75 Å². The van der Waals surface area contributed by atoms with Crippen LogP contribution in [0.25, 0.3) is 11.4 Å². The Balaban J connectivity index is 1.89. The summed E-state index contributed by atoms with van der Waals surface area (Å²) in [5.74, 6) is 2.11. The first kappa shape index (κ1) is 14.0. The van der Waals surface area contributed by atoms with E-state index in [1.165, 1.54) is 24.3 Å². The number of rotatable bonds is 2. The topological polar surface area (TPSA) is 61.0 Å². The van der Waals surface area contributed by atoms with Crippen LogP contribution in [0, 0.1) is 0 Å². The second kappa shape index (κ2) is 5.10. The van der Waals surface area contributed by atoms with Crippen molar-refractivity contribution in [2.24, 2.45) is 0 Å². The van der Waals surface area contributed by atoms with Crippen LogP contribution in [0.4, 0.5) is 19.0 Å². The summed E-state index contributed by atoms with van der Waals surface area (Å²) in [6, 6.07) is 5.41. The van der Waals surface area contributed by atoms with Gasteiger partial charge in [-0.3, -0.25) is 0 Å². The summed E-state index contributed by atoms with van der Waals surface area (Å²) in [5, 5.41) is 0. The molecule has 1 aliphatic heterocycles. The number of anilines is 1. The Morgan fingerprint density at radius 2 is 1.81 bits per heavy atom. The van der Waals surface area contributed by atoms with Gasteiger partial charge < -0.3 is 10.5 Å². The molecular formula is C13H10F3N3OS. The Kier molecular flexibility index (Phi) is 3.40. The number of alkyl halides is 3. The van der Waals surface area contributed by atoms with Crippen LogP contribution >= 0.6 is 11.8 Å². The van der Waals surface area contributed by atoms with Gasteiger partial charge in [-0.05, 0) is 24.3 Å². The fourth-order valence-corrected chi connectivity index (χ4v) is 3.06. The summed E-state index contributed by atoms with van der Waals surface area (Å²) in [6.45, 7) is 0. The number of benzene rings is 1. The quantitative estimate of drug-likeness (QED) is 0.921. The highest BCUT2D eigenvalue weighted by Crippen LogP contribution is 2.33. The molecule has 0 saturated carbocycles. The van der Waals surface area contributed by atoms with E-state index in [0.717, 1.165) is 22.8 Å². The second-order valence-electron chi connectivity index (χ2n) is 4.42. The van der Waals surface area contributed by atoms with Gasteiger partial charge in [-0.25, -0.2) is 9.97 Å². The molecule has 0 aliphatic carbocycles. The number of aromatic nitrogens is 2. The summed E-state index contributed by atoms with van der Waals surface area (Å²) in [4.78, 5) is 8.62. The Hall–Kier alpha value is -1.96. The molecule has 4 nitrogen and oxygen atoms in total. The van der Waals surface area contributed by atoms with Crippen molar-refractivity contribution in [2.75, 3.05) is 5.73 Å². The van der Waals surface area contributed by atoms with E-state index in [9.17, 15) is 13.2 Å². The van der Waals surface area contributed by atoms with Crippen LogP contribution in [-0.2, 0) is 11.5 Å². The average Bonchev–Trinajstić information content (AvgIpc) is 2.86. The van der Waals surface area contributed by atoms with E-state index in [0.29, 0.717) is 17.2 Å². The summed E-state index contributed by atoms with van der Waals surface area (Å²) in [5.41, 5.74) is 8.31. The minimum Gasteiger partial charge on any atom is -0.406 e. The standard InChI is InChI=1S/C13H10F3N3OS/c14-13(15,16)20-8-3-1-7(2-4-8)12-18-10-6-21-5-9(10)11(17)19-12/h1-4H,5-6H2,(H2,17,18,19). The number of nitrogens with zero attached hydrogens (tertiary/aromatic N) is 2. The average molecular weight is 313 g/mol. The zero-order valence-electron chi connectivity index (χ0n) is 10.6. The van der Waals surface area contributed by atoms with Gasteiger partial charge in [0.2, 0.25) is 0 Å². The van der Waals surface area contributed by atoms with Crippen LogP contribution in [-0.4, -0.2) is 16.3 Å². The molecule has 21 heavy (non-hydrogen) atoms. The van der Waals surface area contributed by atoms with Gasteiger partial charge in [0.25, 0.3) is 0 Å². The molecule has 110 valence electrons. The van der Waals surface area contributed by atoms with E-state index < -0.39 is 6.36 Å². The normalized spacial score (nSPS) is 14.0. The Morgan fingerprint density at radius 1 is 1.10 bits per heavy atom. The second-order valence-corrected chi connectivity index (χ2v) is 5.41. The van der Waals surface area contributed by atoms with Crippen molar-refractivity contribution in [1.82, 2.24) is 9.97 Å². The summed E-state index contributed by atoms with van der Waals surface area (Å²) < 4.78 is 40.1. The molecule has 2 N–H and O–H groups in total. The van der Waals surface area contributed by atoms with Crippen molar-refractivity contribution in [3.63, 3.8) is 0 Å². The highest BCUT2D eigenvalue weighted by molar-refractivity contribution is 7.98. The van der Waals surface area contributed by atoms with Crippen molar-refractivity contribution < 1.29 is 17.9 Å². The first-order chi connectivity index (χ1) is 9.92. The Labute approximate surface area is 122 Å². The number of fused-ring (bicyclic) bond motifs is 1. The molecule has 2 heterocycles. The van der Waals surface area contributed by atoms with E-state index in [4.69, 9.17) is 5.73 Å². The molecule has 0 bridgehead atoms. The zero-order chi connectivity index (χ0) is 15.0. The predicted octanol–water partition coefficient (Wildman–Crippen LogP) is 3.37. The number of ether oxygens (including phenoxy) is 1. The number of hydrogen-bond donors (Lipinski definition) is 1. The fraction of sp³-hybridized carbons (Fsp3) is 0.231. The van der Waals surface area contributed by atoms with Crippen LogP contribution < -0.4 is 10.5 Å². The predicted molar refractivity (Wildman–Crippen MR) is 73.6 cm³/mol. The number of nitrogen functional groups attached to an aromatic ring is 1. The molecule has 0 radical (unpaired) electrons. The first-order valence-electron chi connectivity index (χ1n) is 6.01. The molecule has 0 atom stereocenters. The Bertz CT molecular complexity index is 674. The minimum absolute atomic E-state index is 0.282. The van der Waals surface area contributed by atoms with Crippen LogP contribution in [0.1, 0.15) is 11.3 Å². The molecule has 3 rings (SSSR count). The van der Waals surface area contributed by atoms with Gasteiger partial charge in [0.1, 0.15) is 11.6 Å². The molecule has 0 unspecified atom stereocenters. The third-order valence-corrected chi connectivity index (χ3v) is 3.93. The van der Waals surface area contributed by atoms with Gasteiger partial charge in [-0.15, -0.1) is 13.2 Å². The lowest BCUT2D eigenvalue weighted by atomic mass is 10.2. The van der Waals surface area contributed by atoms with E-state index in [1.807, 2.05) is 0 Å². The third kappa shape index (κ3) is 3.05. The van der Waals surface area contributed by atoms with Gasteiger partial charge in [0, 0.05) is 22.6 Å². The monoisotopic (exact) mass is 313 g/mol. The number of nitrogens with two attached hydrogens (primary N) is 1. The van der Waals surface area contributed by atoms with Gasteiger partial charge in [0.15, 0.2) is 5.82 Å². The van der Waals surface area contributed by atoms with Gasteiger partial charge >= 0.3 is 6.36 Å². The molecule has 2 aromatic rings. The fourth-order valence-electron chi connectivity index (χ4n) is 2.01. The van der Waals surface area contributed by atoms with Gasteiger partial charge in [-0.2, -0.15) is 11.8 Å². The first-order valence-corrected chi connectivity index (χ1v) is 7.17. The maximum atomic E-state index is 12.1. The van der Waals surface area contributed by atoms with Crippen LogP contribution in [0.5, 0.6) is 5.75 Å². The minimum atomic E-state index is -4.70. The van der Waals surface area contributed by atoms with Crippen molar-refractivity contribution in [1.29, 1.82) is 0 Å². The lowest BCUT2D eigenvalue weighted by Crippen LogP contribution is -2.16. The lowest BCUT2D eigenvalue weighted by Gasteiger charge is -2.09. The number of halogens is 3. The largest absolute Gasteiger partial charge is 0.573 e. The van der Waals surface area contributed by atoms with Crippen molar-refractivity contribution in [2.45, 2.75) is 17.9 Å². The van der Waals surface area contributed by atoms with E-state index in [1.54, 1.807) is 11.8 Å². The SMILES string of the molecule is Nc1nc(-c2ccc(OC(F)(F)F)cc2)nc2c1CSC2. The summed E-state index contributed by atoms with van der Waals surface area (Å²) in [7, 11) is 0. The summed E-state index contributed by atoms with van der Waals surface area (Å²) in [6.07, 6.45) is -4.70.